The van der Waals surface area contributed by atoms with E-state index in [0.29, 0.717) is 11.3 Å². The van der Waals surface area contributed by atoms with Gasteiger partial charge in [-0.15, -0.1) is 0 Å². The van der Waals surface area contributed by atoms with Crippen LogP contribution in [0.15, 0.2) is 84.6 Å². The number of amides is 2. The molecule has 1 N–H and O–H groups in total. The lowest BCUT2D eigenvalue weighted by Gasteiger charge is -2.19. The molecule has 32 heavy (non-hydrogen) atoms. The maximum absolute atomic E-state index is 13.4. The van der Waals surface area contributed by atoms with E-state index in [0.717, 1.165) is 22.4 Å². The van der Waals surface area contributed by atoms with Crippen molar-refractivity contribution < 1.29 is 9.59 Å². The first-order chi connectivity index (χ1) is 15.2. The Morgan fingerprint density at radius 1 is 0.781 bits per heavy atom. The first kappa shape index (κ1) is 21.6. The molecule has 0 aromatic heterocycles. The Balaban J connectivity index is 1.71. The van der Waals surface area contributed by atoms with Gasteiger partial charge in [-0.25, -0.2) is 0 Å². The SMILES string of the molecule is Cc1ccc(C2=C(Nc3ccc(C(C)(C)C)cc3)C(=O)N(Cc3ccccc3)C2=O)cc1. The van der Waals surface area contributed by atoms with Gasteiger partial charge in [0.2, 0.25) is 0 Å². The second-order valence-electron chi connectivity index (χ2n) is 9.25. The fourth-order valence-electron chi connectivity index (χ4n) is 3.79. The summed E-state index contributed by atoms with van der Waals surface area (Å²) in [6, 6.07) is 25.3. The third-order valence-corrected chi connectivity index (χ3v) is 5.71. The summed E-state index contributed by atoms with van der Waals surface area (Å²) in [6.45, 7) is 8.72. The van der Waals surface area contributed by atoms with Crippen molar-refractivity contribution in [3.63, 3.8) is 0 Å². The Bertz CT molecular complexity index is 1170. The van der Waals surface area contributed by atoms with Crippen molar-refractivity contribution in [2.45, 2.75) is 39.7 Å². The largest absolute Gasteiger partial charge is 0.350 e. The highest BCUT2D eigenvalue weighted by molar-refractivity contribution is 6.36. The van der Waals surface area contributed by atoms with Crippen LogP contribution in [0.3, 0.4) is 0 Å². The summed E-state index contributed by atoms with van der Waals surface area (Å²) < 4.78 is 0. The maximum atomic E-state index is 13.4. The second kappa shape index (κ2) is 8.46. The molecule has 4 heteroatoms. The van der Waals surface area contributed by atoms with Gasteiger partial charge < -0.3 is 5.32 Å². The summed E-state index contributed by atoms with van der Waals surface area (Å²) in [5, 5.41) is 3.25. The third-order valence-electron chi connectivity index (χ3n) is 5.71. The molecular formula is C28H28N2O2. The summed E-state index contributed by atoms with van der Waals surface area (Å²) in [6.07, 6.45) is 0. The van der Waals surface area contributed by atoms with Crippen molar-refractivity contribution in [2.24, 2.45) is 0 Å². The molecule has 0 spiro atoms. The van der Waals surface area contributed by atoms with Crippen LogP contribution in [0.1, 0.15) is 43.0 Å². The number of benzene rings is 3. The number of anilines is 1. The van der Waals surface area contributed by atoms with E-state index in [1.165, 1.54) is 10.5 Å². The maximum Gasteiger partial charge on any atom is 0.278 e. The quantitative estimate of drug-likeness (QED) is 0.536. The number of nitrogens with one attached hydrogen (secondary N) is 1. The molecule has 0 aliphatic carbocycles. The van der Waals surface area contributed by atoms with Crippen LogP contribution in [0.5, 0.6) is 0 Å². The molecular weight excluding hydrogens is 396 g/mol. The van der Waals surface area contributed by atoms with E-state index in [1.54, 1.807) is 0 Å². The smallest absolute Gasteiger partial charge is 0.278 e. The van der Waals surface area contributed by atoms with E-state index in [1.807, 2.05) is 73.7 Å². The lowest BCUT2D eigenvalue weighted by atomic mass is 9.87. The molecule has 0 fully saturated rings. The predicted octanol–water partition coefficient (Wildman–Crippen LogP) is 5.68. The standard InChI is InChI=1S/C28H28N2O2/c1-19-10-12-21(13-11-19)24-25(29-23-16-14-22(15-17-23)28(2,3)4)27(32)30(26(24)31)18-20-8-6-5-7-9-20/h5-17,29H,18H2,1-4H3. The molecule has 0 radical (unpaired) electrons. The molecule has 0 atom stereocenters. The van der Waals surface area contributed by atoms with Crippen molar-refractivity contribution in [1.82, 2.24) is 4.90 Å². The Morgan fingerprint density at radius 2 is 1.41 bits per heavy atom. The number of nitrogens with zero attached hydrogens (tertiary/aromatic N) is 1. The molecule has 0 bridgehead atoms. The third kappa shape index (κ3) is 4.35. The molecule has 2 amide bonds. The van der Waals surface area contributed by atoms with Gasteiger partial charge in [0, 0.05) is 5.69 Å². The van der Waals surface area contributed by atoms with Gasteiger partial charge in [-0.1, -0.05) is 93.1 Å². The van der Waals surface area contributed by atoms with Gasteiger partial charge in [0.05, 0.1) is 12.1 Å². The number of hydrogen-bond acceptors (Lipinski definition) is 3. The molecule has 3 aromatic carbocycles. The summed E-state index contributed by atoms with van der Waals surface area (Å²) in [4.78, 5) is 28.1. The van der Waals surface area contributed by atoms with Crippen molar-refractivity contribution in [3.05, 3.63) is 107 Å². The Morgan fingerprint density at radius 3 is 2.00 bits per heavy atom. The molecule has 3 aromatic rings. The van der Waals surface area contributed by atoms with Gasteiger partial charge in [-0.2, -0.15) is 0 Å². The lowest BCUT2D eigenvalue weighted by molar-refractivity contribution is -0.137. The number of imide groups is 1. The van der Waals surface area contributed by atoms with Gasteiger partial charge in [-0.05, 0) is 41.2 Å². The minimum Gasteiger partial charge on any atom is -0.350 e. The topological polar surface area (TPSA) is 49.4 Å². The summed E-state index contributed by atoms with van der Waals surface area (Å²) in [5.41, 5.74) is 5.49. The van der Waals surface area contributed by atoms with Crippen LogP contribution in [0.25, 0.3) is 5.57 Å². The predicted molar refractivity (Wildman–Crippen MR) is 129 cm³/mol. The highest BCUT2D eigenvalue weighted by Crippen LogP contribution is 2.32. The first-order valence-electron chi connectivity index (χ1n) is 10.8. The average Bonchev–Trinajstić information content (AvgIpc) is 2.99. The van der Waals surface area contributed by atoms with Gasteiger partial charge >= 0.3 is 0 Å². The van der Waals surface area contributed by atoms with E-state index in [-0.39, 0.29) is 23.8 Å². The summed E-state index contributed by atoms with van der Waals surface area (Å²) in [5.74, 6) is -0.592. The monoisotopic (exact) mass is 424 g/mol. The molecule has 4 rings (SSSR count). The molecule has 0 saturated carbocycles. The Kier molecular flexibility index (Phi) is 5.70. The molecule has 0 unspecified atom stereocenters. The lowest BCUT2D eigenvalue weighted by Crippen LogP contribution is -2.32. The minimum atomic E-state index is -0.311. The Labute approximate surface area is 189 Å². The van der Waals surface area contributed by atoms with Crippen LogP contribution in [-0.4, -0.2) is 16.7 Å². The minimum absolute atomic E-state index is 0.0382. The highest BCUT2D eigenvalue weighted by Gasteiger charge is 2.39. The fourth-order valence-corrected chi connectivity index (χ4v) is 3.79. The van der Waals surface area contributed by atoms with Crippen LogP contribution >= 0.6 is 0 Å². The van der Waals surface area contributed by atoms with Crippen LogP contribution in [-0.2, 0) is 21.5 Å². The molecule has 162 valence electrons. The number of carbonyl (C=O) groups is 2. The fraction of sp³-hybridized carbons (Fsp3) is 0.214. The Hall–Kier alpha value is -3.66. The van der Waals surface area contributed by atoms with Crippen LogP contribution in [0.4, 0.5) is 5.69 Å². The zero-order valence-electron chi connectivity index (χ0n) is 19.0. The molecule has 4 nitrogen and oxygen atoms in total. The zero-order valence-corrected chi connectivity index (χ0v) is 19.0. The molecule has 1 heterocycles. The van der Waals surface area contributed by atoms with Crippen LogP contribution < -0.4 is 5.32 Å². The van der Waals surface area contributed by atoms with E-state index >= 15 is 0 Å². The first-order valence-corrected chi connectivity index (χ1v) is 10.8. The number of carbonyl (C=O) groups excluding carboxylic acids is 2. The zero-order chi connectivity index (χ0) is 22.9. The second-order valence-corrected chi connectivity index (χ2v) is 9.25. The average molecular weight is 425 g/mol. The van der Waals surface area contributed by atoms with Crippen LogP contribution in [0.2, 0.25) is 0 Å². The number of hydrogen-bond donors (Lipinski definition) is 1. The molecule has 1 aliphatic rings. The van der Waals surface area contributed by atoms with Crippen molar-refractivity contribution in [1.29, 1.82) is 0 Å². The van der Waals surface area contributed by atoms with Gasteiger partial charge in [0.1, 0.15) is 5.70 Å². The van der Waals surface area contributed by atoms with E-state index in [9.17, 15) is 9.59 Å². The van der Waals surface area contributed by atoms with Gasteiger partial charge in [0.15, 0.2) is 0 Å². The van der Waals surface area contributed by atoms with Gasteiger partial charge in [0.25, 0.3) is 11.8 Å². The highest BCUT2D eigenvalue weighted by atomic mass is 16.2. The van der Waals surface area contributed by atoms with Crippen LogP contribution in [0, 0.1) is 6.92 Å². The van der Waals surface area contributed by atoms with E-state index in [4.69, 9.17) is 0 Å². The molecule has 0 saturated heterocycles. The van der Waals surface area contributed by atoms with E-state index < -0.39 is 0 Å². The molecule has 1 aliphatic heterocycles. The number of rotatable bonds is 5. The summed E-state index contributed by atoms with van der Waals surface area (Å²) >= 11 is 0. The van der Waals surface area contributed by atoms with E-state index in [2.05, 4.69) is 38.2 Å². The number of aryl methyl sites for hydroxylation is 1. The van der Waals surface area contributed by atoms with Crippen molar-refractivity contribution in [2.75, 3.05) is 5.32 Å². The van der Waals surface area contributed by atoms with Gasteiger partial charge in [-0.3, -0.25) is 14.5 Å². The van der Waals surface area contributed by atoms with Crippen molar-refractivity contribution >= 4 is 23.1 Å². The summed E-state index contributed by atoms with van der Waals surface area (Å²) in [7, 11) is 0. The van der Waals surface area contributed by atoms with Crippen molar-refractivity contribution in [3.8, 4) is 0 Å². The normalized spacial score (nSPS) is 14.3.